The molecule has 2 bridgehead atoms. The maximum absolute atomic E-state index is 13.5. The molecule has 1 aromatic carbocycles. The monoisotopic (exact) mass is 357 g/mol. The molecule has 2 atom stereocenters. The fourth-order valence-corrected chi connectivity index (χ4v) is 4.42. The van der Waals surface area contributed by atoms with Gasteiger partial charge in [-0.2, -0.15) is 0 Å². The summed E-state index contributed by atoms with van der Waals surface area (Å²) in [6, 6.07) is 7.20. The molecule has 0 N–H and O–H groups in total. The lowest BCUT2D eigenvalue weighted by molar-refractivity contribution is 0.00821. The molecule has 26 heavy (non-hydrogen) atoms. The summed E-state index contributed by atoms with van der Waals surface area (Å²) >= 11 is 0. The lowest BCUT2D eigenvalue weighted by Crippen LogP contribution is -2.48. The Morgan fingerprint density at radius 1 is 0.923 bits per heavy atom. The number of rotatable bonds is 2. The van der Waals surface area contributed by atoms with Crippen molar-refractivity contribution in [3.8, 4) is 0 Å². The molecule has 2 fully saturated rings. The van der Waals surface area contributed by atoms with E-state index in [1.165, 1.54) is 11.1 Å². The first kappa shape index (κ1) is 19.4. The van der Waals surface area contributed by atoms with Crippen LogP contribution >= 0.6 is 0 Å². The van der Waals surface area contributed by atoms with Gasteiger partial charge in [-0.25, -0.2) is 0 Å². The molecule has 0 spiro atoms. The zero-order chi connectivity index (χ0) is 19.3. The Labute approximate surface area is 159 Å². The number of piperidine rings is 1. The van der Waals surface area contributed by atoms with E-state index < -0.39 is 0 Å². The highest BCUT2D eigenvalue weighted by Gasteiger charge is 2.43. The zero-order valence-electron chi connectivity index (χ0n) is 17.6. The van der Waals surface area contributed by atoms with Gasteiger partial charge in [-0.1, -0.05) is 47.6 Å². The van der Waals surface area contributed by atoms with Crippen LogP contribution in [-0.4, -0.2) is 36.1 Å². The fraction of sp³-hybridized carbons (Fsp3) is 0.696. The van der Waals surface area contributed by atoms with E-state index >= 15 is 0 Å². The number of amides is 1. The van der Waals surface area contributed by atoms with Crippen LogP contribution in [0, 0.1) is 0 Å². The minimum atomic E-state index is 0.0261. The molecule has 2 aliphatic rings. The minimum absolute atomic E-state index is 0.0261. The number of hydrogen-bond donors (Lipinski definition) is 0. The standard InChI is InChI=1S/C23H35NO2/c1-22(2,3)16-10-15(11-17(12-16)23(4,5)6)21(25)24-18-8-9-19(24)14-20(13-18)26-7/h10-12,18-20H,8-9,13-14H2,1-7H3. The summed E-state index contributed by atoms with van der Waals surface area (Å²) in [5.41, 5.74) is 3.39. The maximum Gasteiger partial charge on any atom is 0.254 e. The van der Waals surface area contributed by atoms with E-state index in [-0.39, 0.29) is 16.7 Å². The van der Waals surface area contributed by atoms with Crippen LogP contribution in [0.4, 0.5) is 0 Å². The molecule has 0 aliphatic carbocycles. The van der Waals surface area contributed by atoms with Crippen LogP contribution in [0.1, 0.15) is 88.7 Å². The van der Waals surface area contributed by atoms with E-state index in [0.29, 0.717) is 18.2 Å². The van der Waals surface area contributed by atoms with Gasteiger partial charge < -0.3 is 9.64 Å². The van der Waals surface area contributed by atoms with Crippen molar-refractivity contribution in [1.82, 2.24) is 4.90 Å². The van der Waals surface area contributed by atoms with Crippen molar-refractivity contribution in [2.75, 3.05) is 7.11 Å². The van der Waals surface area contributed by atoms with Crippen molar-refractivity contribution < 1.29 is 9.53 Å². The van der Waals surface area contributed by atoms with Gasteiger partial charge in [-0.15, -0.1) is 0 Å². The molecule has 0 aromatic heterocycles. The molecule has 2 unspecified atom stereocenters. The second-order valence-electron chi connectivity index (χ2n) is 10.2. The number of nitrogens with zero attached hydrogens (tertiary/aromatic N) is 1. The minimum Gasteiger partial charge on any atom is -0.381 e. The fourth-order valence-electron chi connectivity index (χ4n) is 4.42. The third-order valence-corrected chi connectivity index (χ3v) is 6.17. The summed E-state index contributed by atoms with van der Waals surface area (Å²) in [6.45, 7) is 13.3. The Kier molecular flexibility index (Phi) is 4.98. The van der Waals surface area contributed by atoms with Crippen LogP contribution in [0.25, 0.3) is 0 Å². The van der Waals surface area contributed by atoms with Crippen LogP contribution < -0.4 is 0 Å². The number of benzene rings is 1. The van der Waals surface area contributed by atoms with Gasteiger partial charge in [0.2, 0.25) is 0 Å². The molecule has 3 nitrogen and oxygen atoms in total. The van der Waals surface area contributed by atoms with E-state index in [1.54, 1.807) is 7.11 Å². The first-order valence-electron chi connectivity index (χ1n) is 10.0. The summed E-state index contributed by atoms with van der Waals surface area (Å²) in [7, 11) is 1.80. The van der Waals surface area contributed by atoms with E-state index in [2.05, 4.69) is 64.6 Å². The van der Waals surface area contributed by atoms with Crippen molar-refractivity contribution >= 4 is 5.91 Å². The summed E-state index contributed by atoms with van der Waals surface area (Å²) < 4.78 is 5.60. The molecule has 1 aromatic rings. The van der Waals surface area contributed by atoms with Crippen molar-refractivity contribution in [1.29, 1.82) is 0 Å². The van der Waals surface area contributed by atoms with Crippen LogP contribution in [0.15, 0.2) is 18.2 Å². The molecule has 1 amide bonds. The Balaban J connectivity index is 1.97. The molecule has 144 valence electrons. The first-order valence-corrected chi connectivity index (χ1v) is 10.0. The maximum atomic E-state index is 13.5. The highest BCUT2D eigenvalue weighted by Crippen LogP contribution is 2.38. The third-order valence-electron chi connectivity index (χ3n) is 6.17. The number of fused-ring (bicyclic) bond motifs is 2. The second-order valence-corrected chi connectivity index (χ2v) is 10.2. The number of carbonyl (C=O) groups is 1. The average molecular weight is 358 g/mol. The number of ether oxygens (including phenoxy) is 1. The predicted molar refractivity (Wildman–Crippen MR) is 107 cm³/mol. The normalized spacial score (nSPS) is 26.3. The van der Waals surface area contributed by atoms with Crippen LogP contribution in [-0.2, 0) is 15.6 Å². The van der Waals surface area contributed by atoms with Gasteiger partial charge in [0.05, 0.1) is 6.10 Å². The van der Waals surface area contributed by atoms with E-state index in [4.69, 9.17) is 4.74 Å². The molecule has 2 heterocycles. The van der Waals surface area contributed by atoms with E-state index in [1.807, 2.05) is 0 Å². The molecule has 3 heteroatoms. The molecule has 2 aliphatic heterocycles. The van der Waals surface area contributed by atoms with Gasteiger partial charge >= 0.3 is 0 Å². The summed E-state index contributed by atoms with van der Waals surface area (Å²) in [6.07, 6.45) is 4.48. The Morgan fingerprint density at radius 2 is 1.38 bits per heavy atom. The van der Waals surface area contributed by atoms with Crippen LogP contribution in [0.5, 0.6) is 0 Å². The van der Waals surface area contributed by atoms with Crippen molar-refractivity contribution in [2.24, 2.45) is 0 Å². The molecule has 0 radical (unpaired) electrons. The summed E-state index contributed by atoms with van der Waals surface area (Å²) in [5, 5.41) is 0. The van der Waals surface area contributed by atoms with Gasteiger partial charge in [0.1, 0.15) is 0 Å². The Hall–Kier alpha value is -1.35. The molecular formula is C23H35NO2. The van der Waals surface area contributed by atoms with Gasteiger partial charge in [0.15, 0.2) is 0 Å². The van der Waals surface area contributed by atoms with Crippen molar-refractivity contribution in [2.45, 2.75) is 96.2 Å². The van der Waals surface area contributed by atoms with Crippen LogP contribution in [0.2, 0.25) is 0 Å². The van der Waals surface area contributed by atoms with Gasteiger partial charge in [0.25, 0.3) is 5.91 Å². The Morgan fingerprint density at radius 3 is 1.77 bits per heavy atom. The smallest absolute Gasteiger partial charge is 0.254 e. The summed E-state index contributed by atoms with van der Waals surface area (Å²) in [4.78, 5) is 15.7. The highest BCUT2D eigenvalue weighted by molar-refractivity contribution is 5.95. The van der Waals surface area contributed by atoms with Gasteiger partial charge in [-0.05, 0) is 59.8 Å². The quantitative estimate of drug-likeness (QED) is 0.740. The lowest BCUT2D eigenvalue weighted by atomic mass is 9.79. The first-order chi connectivity index (χ1) is 12.0. The molecular weight excluding hydrogens is 322 g/mol. The van der Waals surface area contributed by atoms with Crippen molar-refractivity contribution in [3.05, 3.63) is 34.9 Å². The van der Waals surface area contributed by atoms with E-state index in [9.17, 15) is 4.79 Å². The van der Waals surface area contributed by atoms with E-state index in [0.717, 1.165) is 31.2 Å². The van der Waals surface area contributed by atoms with Gasteiger partial charge in [-0.3, -0.25) is 4.79 Å². The third kappa shape index (κ3) is 3.69. The van der Waals surface area contributed by atoms with Crippen LogP contribution in [0.3, 0.4) is 0 Å². The topological polar surface area (TPSA) is 29.5 Å². The predicted octanol–water partition coefficient (Wildman–Crippen LogP) is 5.06. The lowest BCUT2D eigenvalue weighted by Gasteiger charge is -2.39. The summed E-state index contributed by atoms with van der Waals surface area (Å²) in [5.74, 6) is 0.212. The van der Waals surface area contributed by atoms with Gasteiger partial charge in [0, 0.05) is 24.8 Å². The number of carbonyl (C=O) groups excluding carboxylic acids is 1. The largest absolute Gasteiger partial charge is 0.381 e. The molecule has 0 saturated carbocycles. The Bertz CT molecular complexity index is 634. The molecule has 2 saturated heterocycles. The zero-order valence-corrected chi connectivity index (χ0v) is 17.6. The number of hydrogen-bond acceptors (Lipinski definition) is 2. The number of methoxy groups -OCH3 is 1. The molecule has 3 rings (SSSR count). The second kappa shape index (κ2) is 6.67. The average Bonchev–Trinajstić information content (AvgIpc) is 2.81. The van der Waals surface area contributed by atoms with Crippen molar-refractivity contribution in [3.63, 3.8) is 0 Å². The SMILES string of the molecule is COC1CC2CCC(C1)N2C(=O)c1cc(C(C)(C)C)cc(C(C)(C)C)c1. The highest BCUT2D eigenvalue weighted by atomic mass is 16.5.